The summed E-state index contributed by atoms with van der Waals surface area (Å²) in [5.41, 5.74) is 6.13. The second kappa shape index (κ2) is 9.25. The van der Waals surface area contributed by atoms with Crippen LogP contribution >= 0.6 is 0 Å². The number of amides is 1. The van der Waals surface area contributed by atoms with Gasteiger partial charge in [-0.05, 0) is 86.6 Å². The zero-order valence-electron chi connectivity index (χ0n) is 17.8. The molecule has 1 amide bonds. The van der Waals surface area contributed by atoms with E-state index < -0.39 is 11.7 Å². The van der Waals surface area contributed by atoms with Crippen molar-refractivity contribution >= 4 is 17.7 Å². The Kier molecular flexibility index (Phi) is 6.73. The molecule has 4 heteroatoms. The van der Waals surface area contributed by atoms with E-state index in [0.717, 1.165) is 33.5 Å². The average Bonchev–Trinajstić information content (AvgIpc) is 3.17. The minimum atomic E-state index is -0.767. The van der Waals surface area contributed by atoms with Crippen LogP contribution in [0, 0.1) is 13.8 Å². The molecule has 0 aromatic heterocycles. The van der Waals surface area contributed by atoms with Crippen molar-refractivity contribution in [1.29, 1.82) is 0 Å². The predicted molar refractivity (Wildman–Crippen MR) is 120 cm³/mol. The summed E-state index contributed by atoms with van der Waals surface area (Å²) < 4.78 is 14.2. The Balaban J connectivity index is 1.79. The summed E-state index contributed by atoms with van der Waals surface area (Å²) in [7, 11) is 0. The standard InChI is InChI=1S/C25H31FN2O/c1-16(2)27-25(29)24(26)15-20-13-18(4)23(14-17(20)3)19-9-11-22(12-10-19)28-21-7-5-6-8-21/h9-16,21,28H,5-8H2,1-4H3,(H,27,29). The zero-order chi connectivity index (χ0) is 21.0. The molecule has 154 valence electrons. The molecule has 3 rings (SSSR count). The average molecular weight is 395 g/mol. The zero-order valence-corrected chi connectivity index (χ0v) is 17.8. The van der Waals surface area contributed by atoms with Crippen molar-refractivity contribution in [2.45, 2.75) is 65.5 Å². The van der Waals surface area contributed by atoms with Gasteiger partial charge in [0.05, 0.1) is 0 Å². The van der Waals surface area contributed by atoms with Crippen LogP contribution < -0.4 is 10.6 Å². The number of anilines is 1. The van der Waals surface area contributed by atoms with E-state index in [2.05, 4.69) is 41.0 Å². The Morgan fingerprint density at radius 1 is 1.07 bits per heavy atom. The van der Waals surface area contributed by atoms with Crippen molar-refractivity contribution in [3.8, 4) is 11.1 Å². The SMILES string of the molecule is Cc1cc(-c2ccc(NC3CCCC3)cc2)c(C)cc1C=C(F)C(=O)NC(C)C. The van der Waals surface area contributed by atoms with E-state index in [1.807, 2.05) is 33.8 Å². The number of hydrogen-bond donors (Lipinski definition) is 2. The van der Waals surface area contributed by atoms with Gasteiger partial charge in [-0.3, -0.25) is 4.79 Å². The Hall–Kier alpha value is -2.62. The maximum atomic E-state index is 14.2. The first-order chi connectivity index (χ1) is 13.8. The molecule has 1 aliphatic carbocycles. The van der Waals surface area contributed by atoms with Crippen molar-refractivity contribution in [3.63, 3.8) is 0 Å². The summed E-state index contributed by atoms with van der Waals surface area (Å²) >= 11 is 0. The Labute approximate surface area is 173 Å². The van der Waals surface area contributed by atoms with E-state index in [-0.39, 0.29) is 6.04 Å². The summed E-state index contributed by atoms with van der Waals surface area (Å²) in [5, 5.41) is 6.19. The van der Waals surface area contributed by atoms with Crippen LogP contribution in [-0.2, 0) is 4.79 Å². The normalized spacial score (nSPS) is 15.0. The van der Waals surface area contributed by atoms with Gasteiger partial charge in [0.2, 0.25) is 0 Å². The van der Waals surface area contributed by atoms with E-state index in [9.17, 15) is 9.18 Å². The summed E-state index contributed by atoms with van der Waals surface area (Å²) in [6, 6.07) is 13.0. The van der Waals surface area contributed by atoms with Crippen molar-refractivity contribution in [2.75, 3.05) is 5.32 Å². The molecule has 2 N–H and O–H groups in total. The molecular formula is C25H31FN2O. The van der Waals surface area contributed by atoms with Gasteiger partial charge >= 0.3 is 0 Å². The number of aryl methyl sites for hydroxylation is 2. The highest BCUT2D eigenvalue weighted by Crippen LogP contribution is 2.30. The molecule has 3 nitrogen and oxygen atoms in total. The number of halogens is 1. The molecule has 0 unspecified atom stereocenters. The minimum Gasteiger partial charge on any atom is -0.382 e. The van der Waals surface area contributed by atoms with Crippen molar-refractivity contribution in [3.05, 3.63) is 58.9 Å². The fraction of sp³-hybridized carbons (Fsp3) is 0.400. The highest BCUT2D eigenvalue weighted by atomic mass is 19.1. The van der Waals surface area contributed by atoms with Crippen LogP contribution in [0.2, 0.25) is 0 Å². The van der Waals surface area contributed by atoms with Gasteiger partial charge in [0.15, 0.2) is 5.83 Å². The van der Waals surface area contributed by atoms with Gasteiger partial charge in [0.25, 0.3) is 5.91 Å². The molecule has 0 saturated heterocycles. The molecule has 0 atom stereocenters. The molecule has 0 heterocycles. The van der Waals surface area contributed by atoms with Gasteiger partial charge in [-0.1, -0.05) is 37.1 Å². The maximum absolute atomic E-state index is 14.2. The molecule has 0 aliphatic heterocycles. The molecular weight excluding hydrogens is 363 g/mol. The van der Waals surface area contributed by atoms with Crippen LogP contribution in [-0.4, -0.2) is 18.0 Å². The lowest BCUT2D eigenvalue weighted by Gasteiger charge is -2.15. The van der Waals surface area contributed by atoms with E-state index in [1.54, 1.807) is 0 Å². The highest BCUT2D eigenvalue weighted by molar-refractivity contribution is 5.96. The summed E-state index contributed by atoms with van der Waals surface area (Å²) in [6.07, 6.45) is 6.45. The van der Waals surface area contributed by atoms with E-state index >= 15 is 0 Å². The fourth-order valence-electron chi connectivity index (χ4n) is 3.89. The van der Waals surface area contributed by atoms with Crippen molar-refractivity contribution in [1.82, 2.24) is 5.32 Å². The number of hydrogen-bond acceptors (Lipinski definition) is 2. The second-order valence-electron chi connectivity index (χ2n) is 8.35. The van der Waals surface area contributed by atoms with E-state index in [0.29, 0.717) is 6.04 Å². The van der Waals surface area contributed by atoms with Crippen molar-refractivity contribution in [2.24, 2.45) is 0 Å². The van der Waals surface area contributed by atoms with Gasteiger partial charge in [0, 0.05) is 17.8 Å². The molecule has 0 spiro atoms. The second-order valence-corrected chi connectivity index (χ2v) is 8.35. The number of carbonyl (C=O) groups excluding carboxylic acids is 1. The first kappa shape index (κ1) is 21.1. The molecule has 1 saturated carbocycles. The fourth-order valence-corrected chi connectivity index (χ4v) is 3.89. The number of benzene rings is 2. The van der Waals surface area contributed by atoms with Gasteiger partial charge in [-0.2, -0.15) is 0 Å². The summed E-state index contributed by atoms with van der Waals surface area (Å²) in [6.45, 7) is 7.58. The lowest BCUT2D eigenvalue weighted by Crippen LogP contribution is -2.30. The molecule has 2 aromatic carbocycles. The maximum Gasteiger partial charge on any atom is 0.280 e. The molecule has 0 radical (unpaired) electrons. The highest BCUT2D eigenvalue weighted by Gasteiger charge is 2.15. The first-order valence-corrected chi connectivity index (χ1v) is 10.5. The van der Waals surface area contributed by atoms with Crippen LogP contribution in [0.3, 0.4) is 0 Å². The van der Waals surface area contributed by atoms with Crippen LogP contribution in [0.5, 0.6) is 0 Å². The van der Waals surface area contributed by atoms with Crippen LogP contribution in [0.4, 0.5) is 10.1 Å². The van der Waals surface area contributed by atoms with Crippen LogP contribution in [0.15, 0.2) is 42.2 Å². The third-order valence-corrected chi connectivity index (χ3v) is 5.45. The molecule has 29 heavy (non-hydrogen) atoms. The third-order valence-electron chi connectivity index (χ3n) is 5.45. The number of carbonyl (C=O) groups is 1. The number of rotatable bonds is 6. The Morgan fingerprint density at radius 3 is 2.34 bits per heavy atom. The van der Waals surface area contributed by atoms with E-state index in [4.69, 9.17) is 0 Å². The van der Waals surface area contributed by atoms with Gasteiger partial charge in [0.1, 0.15) is 0 Å². The Morgan fingerprint density at radius 2 is 1.72 bits per heavy atom. The van der Waals surface area contributed by atoms with Crippen LogP contribution in [0.1, 0.15) is 56.2 Å². The van der Waals surface area contributed by atoms with Crippen molar-refractivity contribution < 1.29 is 9.18 Å². The Bertz CT molecular complexity index is 894. The minimum absolute atomic E-state index is 0.0991. The van der Waals surface area contributed by atoms with Gasteiger partial charge in [-0.25, -0.2) is 4.39 Å². The van der Waals surface area contributed by atoms with Gasteiger partial charge < -0.3 is 10.6 Å². The van der Waals surface area contributed by atoms with Crippen LogP contribution in [0.25, 0.3) is 17.2 Å². The van der Waals surface area contributed by atoms with Gasteiger partial charge in [-0.15, -0.1) is 0 Å². The summed E-state index contributed by atoms with van der Waals surface area (Å²) in [4.78, 5) is 11.8. The lowest BCUT2D eigenvalue weighted by molar-refractivity contribution is -0.119. The quantitative estimate of drug-likeness (QED) is 0.576. The molecule has 0 bridgehead atoms. The lowest BCUT2D eigenvalue weighted by atomic mass is 9.94. The third kappa shape index (κ3) is 5.47. The van der Waals surface area contributed by atoms with E-state index in [1.165, 1.54) is 31.8 Å². The topological polar surface area (TPSA) is 41.1 Å². The molecule has 2 aromatic rings. The monoisotopic (exact) mass is 394 g/mol. The largest absolute Gasteiger partial charge is 0.382 e. The number of nitrogens with one attached hydrogen (secondary N) is 2. The predicted octanol–water partition coefficient (Wildman–Crippen LogP) is 6.16. The summed E-state index contributed by atoms with van der Waals surface area (Å²) in [5.74, 6) is -1.44. The smallest absolute Gasteiger partial charge is 0.280 e. The molecule has 1 fully saturated rings. The molecule has 1 aliphatic rings. The first-order valence-electron chi connectivity index (χ1n) is 10.5.